The van der Waals surface area contributed by atoms with Gasteiger partial charge in [-0.05, 0) is 18.2 Å². The predicted molar refractivity (Wildman–Crippen MR) is 54.4 cm³/mol. The Kier molecular flexibility index (Phi) is 2.77. The highest BCUT2D eigenvalue weighted by molar-refractivity contribution is 9.10. The van der Waals surface area contributed by atoms with Gasteiger partial charge in [-0.1, -0.05) is 27.5 Å². The number of hydrogen-bond acceptors (Lipinski definition) is 2. The van der Waals surface area contributed by atoms with E-state index in [0.29, 0.717) is 11.6 Å². The molecule has 1 aliphatic heterocycles. The molecule has 2 nitrogen and oxygen atoms in total. The zero-order valence-corrected chi connectivity index (χ0v) is 9.14. The Morgan fingerprint density at radius 1 is 1.54 bits per heavy atom. The number of benzene rings is 1. The Morgan fingerprint density at radius 3 is 2.92 bits per heavy atom. The van der Waals surface area contributed by atoms with Crippen LogP contribution in [0.4, 0.5) is 0 Å². The fourth-order valence-corrected chi connectivity index (χ4v) is 1.79. The number of epoxide rings is 1. The molecule has 0 N–H and O–H groups in total. The lowest BCUT2D eigenvalue weighted by Gasteiger charge is -2.04. The molecule has 1 saturated heterocycles. The van der Waals surface area contributed by atoms with Gasteiger partial charge in [0.2, 0.25) is 0 Å². The van der Waals surface area contributed by atoms with E-state index >= 15 is 0 Å². The second-order valence-corrected chi connectivity index (χ2v) is 4.22. The van der Waals surface area contributed by atoms with Crippen molar-refractivity contribution in [1.82, 2.24) is 0 Å². The van der Waals surface area contributed by atoms with Gasteiger partial charge in [0.15, 0.2) is 0 Å². The van der Waals surface area contributed by atoms with Crippen LogP contribution in [0.25, 0.3) is 0 Å². The predicted octanol–water partition coefficient (Wildman–Crippen LogP) is 2.88. The SMILES string of the molecule is Clc1cc(Br)cc(OCC2CO2)c1. The molecular formula is C9H8BrClO2. The largest absolute Gasteiger partial charge is 0.491 e. The minimum absolute atomic E-state index is 0.276. The topological polar surface area (TPSA) is 21.8 Å². The first-order chi connectivity index (χ1) is 6.24. The van der Waals surface area contributed by atoms with Gasteiger partial charge in [0.25, 0.3) is 0 Å². The molecule has 0 aromatic heterocycles. The van der Waals surface area contributed by atoms with Crippen LogP contribution >= 0.6 is 27.5 Å². The quantitative estimate of drug-likeness (QED) is 0.782. The molecule has 13 heavy (non-hydrogen) atoms. The van der Waals surface area contributed by atoms with Crippen LogP contribution in [0.1, 0.15) is 0 Å². The summed E-state index contributed by atoms with van der Waals surface area (Å²) in [5.41, 5.74) is 0. The third kappa shape index (κ3) is 2.86. The van der Waals surface area contributed by atoms with Gasteiger partial charge < -0.3 is 9.47 Å². The average molecular weight is 264 g/mol. The third-order valence-electron chi connectivity index (χ3n) is 1.67. The zero-order valence-electron chi connectivity index (χ0n) is 6.80. The van der Waals surface area contributed by atoms with Crippen LogP contribution in [0, 0.1) is 0 Å². The van der Waals surface area contributed by atoms with Gasteiger partial charge in [0.1, 0.15) is 18.5 Å². The third-order valence-corrected chi connectivity index (χ3v) is 2.35. The summed E-state index contributed by atoms with van der Waals surface area (Å²) in [6.45, 7) is 1.41. The highest BCUT2D eigenvalue weighted by Gasteiger charge is 2.23. The molecule has 0 amide bonds. The Labute approximate surface area is 89.9 Å². The van der Waals surface area contributed by atoms with Gasteiger partial charge in [-0.25, -0.2) is 0 Å². The van der Waals surface area contributed by atoms with E-state index in [9.17, 15) is 0 Å². The smallest absolute Gasteiger partial charge is 0.122 e. The summed E-state index contributed by atoms with van der Waals surface area (Å²) in [5.74, 6) is 0.773. The maximum Gasteiger partial charge on any atom is 0.122 e. The first-order valence-corrected chi connectivity index (χ1v) is 5.11. The fourth-order valence-electron chi connectivity index (χ4n) is 0.965. The number of rotatable bonds is 3. The normalized spacial score (nSPS) is 20.0. The summed E-state index contributed by atoms with van der Waals surface area (Å²) >= 11 is 9.18. The molecule has 2 rings (SSSR count). The van der Waals surface area contributed by atoms with Gasteiger partial charge in [-0.15, -0.1) is 0 Å². The molecule has 0 spiro atoms. The van der Waals surface area contributed by atoms with Gasteiger partial charge in [-0.2, -0.15) is 0 Å². The van der Waals surface area contributed by atoms with E-state index in [-0.39, 0.29) is 6.10 Å². The van der Waals surface area contributed by atoms with E-state index in [2.05, 4.69) is 15.9 Å². The van der Waals surface area contributed by atoms with Crippen molar-refractivity contribution in [3.8, 4) is 5.75 Å². The standard InChI is InChI=1S/C9H8BrClO2/c10-6-1-7(11)3-8(2-6)12-4-9-5-13-9/h1-3,9H,4-5H2. The molecule has 70 valence electrons. The van der Waals surface area contributed by atoms with Crippen LogP contribution in [0.3, 0.4) is 0 Å². The highest BCUT2D eigenvalue weighted by Crippen LogP contribution is 2.25. The van der Waals surface area contributed by atoms with Gasteiger partial charge in [0, 0.05) is 9.50 Å². The molecule has 0 aliphatic carbocycles. The summed E-state index contributed by atoms with van der Waals surface area (Å²) in [5, 5.41) is 0.668. The Bertz CT molecular complexity index is 292. The van der Waals surface area contributed by atoms with Gasteiger partial charge >= 0.3 is 0 Å². The molecule has 1 aromatic carbocycles. The molecule has 0 radical (unpaired) electrons. The number of halogens is 2. The molecule has 1 aliphatic rings. The Morgan fingerprint density at radius 2 is 2.31 bits per heavy atom. The van der Waals surface area contributed by atoms with Crippen LogP contribution in [-0.4, -0.2) is 19.3 Å². The zero-order chi connectivity index (χ0) is 9.26. The summed E-state index contributed by atoms with van der Waals surface area (Å²) in [7, 11) is 0. The molecule has 1 aromatic rings. The maximum absolute atomic E-state index is 5.84. The van der Waals surface area contributed by atoms with E-state index in [1.54, 1.807) is 6.07 Å². The first kappa shape index (κ1) is 9.31. The van der Waals surface area contributed by atoms with Gasteiger partial charge in [-0.3, -0.25) is 0 Å². The molecule has 1 unspecified atom stereocenters. The van der Waals surface area contributed by atoms with Crippen molar-refractivity contribution in [2.24, 2.45) is 0 Å². The van der Waals surface area contributed by atoms with E-state index in [4.69, 9.17) is 21.1 Å². The molecule has 1 atom stereocenters. The van der Waals surface area contributed by atoms with Crippen molar-refractivity contribution in [2.75, 3.05) is 13.2 Å². The van der Waals surface area contributed by atoms with E-state index < -0.39 is 0 Å². The van der Waals surface area contributed by atoms with Crippen LogP contribution in [-0.2, 0) is 4.74 Å². The summed E-state index contributed by atoms with van der Waals surface area (Å²) in [4.78, 5) is 0. The lowest BCUT2D eigenvalue weighted by molar-refractivity contribution is 0.263. The number of ether oxygens (including phenoxy) is 2. The lowest BCUT2D eigenvalue weighted by Crippen LogP contribution is -2.03. The highest BCUT2D eigenvalue weighted by atomic mass is 79.9. The van der Waals surface area contributed by atoms with E-state index in [1.165, 1.54) is 0 Å². The second-order valence-electron chi connectivity index (χ2n) is 2.87. The van der Waals surface area contributed by atoms with Crippen LogP contribution in [0.2, 0.25) is 5.02 Å². The molecule has 1 heterocycles. The maximum atomic E-state index is 5.84. The first-order valence-electron chi connectivity index (χ1n) is 3.94. The monoisotopic (exact) mass is 262 g/mol. The number of hydrogen-bond donors (Lipinski definition) is 0. The van der Waals surface area contributed by atoms with Crippen LogP contribution < -0.4 is 4.74 Å². The lowest BCUT2D eigenvalue weighted by atomic mass is 10.3. The van der Waals surface area contributed by atoms with Crippen molar-refractivity contribution >= 4 is 27.5 Å². The summed E-state index contributed by atoms with van der Waals surface area (Å²) in [6.07, 6.45) is 0.276. The summed E-state index contributed by atoms with van der Waals surface area (Å²) in [6, 6.07) is 5.49. The molecule has 4 heteroatoms. The van der Waals surface area contributed by atoms with E-state index in [0.717, 1.165) is 16.8 Å². The van der Waals surface area contributed by atoms with E-state index in [1.807, 2.05) is 12.1 Å². The van der Waals surface area contributed by atoms with Crippen molar-refractivity contribution in [2.45, 2.75) is 6.10 Å². The minimum Gasteiger partial charge on any atom is -0.491 e. The molecular weight excluding hydrogens is 255 g/mol. The Balaban J connectivity index is 2.01. The fraction of sp³-hybridized carbons (Fsp3) is 0.333. The van der Waals surface area contributed by atoms with Crippen molar-refractivity contribution in [1.29, 1.82) is 0 Å². The van der Waals surface area contributed by atoms with Crippen molar-refractivity contribution in [3.63, 3.8) is 0 Å². The average Bonchev–Trinajstić information content (AvgIpc) is 2.81. The molecule has 0 bridgehead atoms. The molecule has 1 fully saturated rings. The van der Waals surface area contributed by atoms with Crippen LogP contribution in [0.15, 0.2) is 22.7 Å². The van der Waals surface area contributed by atoms with Crippen LogP contribution in [0.5, 0.6) is 5.75 Å². The van der Waals surface area contributed by atoms with Gasteiger partial charge in [0.05, 0.1) is 6.61 Å². The summed E-state index contributed by atoms with van der Waals surface area (Å²) < 4.78 is 11.4. The second kappa shape index (κ2) is 3.86. The molecule has 0 saturated carbocycles. The Hall–Kier alpha value is -0.250. The minimum atomic E-state index is 0.276. The van der Waals surface area contributed by atoms with Crippen molar-refractivity contribution < 1.29 is 9.47 Å². The van der Waals surface area contributed by atoms with Crippen molar-refractivity contribution in [3.05, 3.63) is 27.7 Å².